The summed E-state index contributed by atoms with van der Waals surface area (Å²) in [5, 5.41) is 3.37. The van der Waals surface area contributed by atoms with Crippen LogP contribution in [-0.2, 0) is 6.42 Å². The summed E-state index contributed by atoms with van der Waals surface area (Å²) in [7, 11) is 0. The predicted octanol–water partition coefficient (Wildman–Crippen LogP) is 3.32. The summed E-state index contributed by atoms with van der Waals surface area (Å²) in [6, 6.07) is 6.42. The number of hydrogen-bond donors (Lipinski definition) is 1. The summed E-state index contributed by atoms with van der Waals surface area (Å²) in [6.45, 7) is 4.22. The van der Waals surface area contributed by atoms with Gasteiger partial charge >= 0.3 is 0 Å². The molecule has 0 bridgehead atoms. The number of nitrogens with one attached hydrogen (secondary N) is 1. The third kappa shape index (κ3) is 2.39. The van der Waals surface area contributed by atoms with Gasteiger partial charge in [0, 0.05) is 17.0 Å². The Hall–Kier alpha value is -0.830. The van der Waals surface area contributed by atoms with Crippen LogP contribution < -0.4 is 10.1 Å². The highest BCUT2D eigenvalue weighted by Crippen LogP contribution is 2.38. The molecule has 0 aliphatic carbocycles. The normalized spacial score (nSPS) is 26.6. The van der Waals surface area contributed by atoms with E-state index >= 15 is 0 Å². The monoisotopic (exact) mass is 249 g/mol. The predicted molar refractivity (Wildman–Crippen MR) is 74.2 cm³/mol. The van der Waals surface area contributed by atoms with E-state index in [0.29, 0.717) is 4.75 Å². The molecular weight excluding hydrogens is 230 g/mol. The van der Waals surface area contributed by atoms with E-state index in [-0.39, 0.29) is 0 Å². The Morgan fingerprint density at radius 2 is 2.41 bits per heavy atom. The fourth-order valence-corrected chi connectivity index (χ4v) is 3.77. The summed E-state index contributed by atoms with van der Waals surface area (Å²) in [5.41, 5.74) is 2.67. The Morgan fingerprint density at radius 1 is 1.47 bits per heavy atom. The number of benzene rings is 1. The summed E-state index contributed by atoms with van der Waals surface area (Å²) in [6.07, 6.45) is 3.74. The number of hydrogen-bond acceptors (Lipinski definition) is 3. The number of rotatable bonds is 3. The molecule has 0 radical (unpaired) electrons. The Balaban J connectivity index is 1.65. The lowest BCUT2D eigenvalue weighted by Crippen LogP contribution is -2.25. The molecule has 1 fully saturated rings. The zero-order chi connectivity index (χ0) is 11.7. The van der Waals surface area contributed by atoms with Gasteiger partial charge in [-0.2, -0.15) is 11.8 Å². The van der Waals surface area contributed by atoms with Crippen LogP contribution >= 0.6 is 11.8 Å². The van der Waals surface area contributed by atoms with Crippen molar-refractivity contribution < 1.29 is 4.74 Å². The third-order valence-electron chi connectivity index (χ3n) is 3.63. The molecule has 0 amide bonds. The molecule has 0 spiro atoms. The lowest BCUT2D eigenvalue weighted by Gasteiger charge is -2.22. The average Bonchev–Trinajstić information content (AvgIpc) is 2.95. The molecule has 1 N–H and O–H groups in total. The molecule has 1 aromatic carbocycles. The average molecular weight is 249 g/mol. The van der Waals surface area contributed by atoms with Crippen LogP contribution in [0.5, 0.6) is 5.75 Å². The minimum atomic E-state index is 0.331. The van der Waals surface area contributed by atoms with E-state index in [1.807, 2.05) is 0 Å². The number of thioether (sulfide) groups is 1. The Morgan fingerprint density at radius 3 is 3.24 bits per heavy atom. The lowest BCUT2D eigenvalue weighted by atomic mass is 10.1. The van der Waals surface area contributed by atoms with Gasteiger partial charge < -0.3 is 10.1 Å². The van der Waals surface area contributed by atoms with E-state index in [1.165, 1.54) is 29.8 Å². The van der Waals surface area contributed by atoms with Gasteiger partial charge in [-0.3, -0.25) is 0 Å². The number of fused-ring (bicyclic) bond motifs is 1. The largest absolute Gasteiger partial charge is 0.492 e. The van der Waals surface area contributed by atoms with Crippen molar-refractivity contribution in [2.45, 2.75) is 30.9 Å². The molecular formula is C14H19NOS. The molecule has 1 unspecified atom stereocenters. The van der Waals surface area contributed by atoms with Gasteiger partial charge in [0.1, 0.15) is 12.4 Å². The standard InChI is InChI=1S/C14H19NOS/c1-14(6-2-8-17-14)10-16-12-3-4-13-11(9-12)5-7-15-13/h3-4,9,15H,2,5-8,10H2,1H3. The van der Waals surface area contributed by atoms with Crippen LogP contribution in [0.2, 0.25) is 0 Å². The number of anilines is 1. The molecule has 1 atom stereocenters. The summed E-state index contributed by atoms with van der Waals surface area (Å²) >= 11 is 2.05. The summed E-state index contributed by atoms with van der Waals surface area (Å²) in [4.78, 5) is 0. The second-order valence-corrected chi connectivity index (χ2v) is 6.87. The molecule has 0 aromatic heterocycles. The summed E-state index contributed by atoms with van der Waals surface area (Å²) < 4.78 is 6.30. The van der Waals surface area contributed by atoms with E-state index in [4.69, 9.17) is 4.74 Å². The van der Waals surface area contributed by atoms with Gasteiger partial charge in [0.2, 0.25) is 0 Å². The molecule has 2 nitrogen and oxygen atoms in total. The minimum Gasteiger partial charge on any atom is -0.492 e. The lowest BCUT2D eigenvalue weighted by molar-refractivity contribution is 0.276. The molecule has 1 aromatic rings. The molecule has 2 aliphatic rings. The van der Waals surface area contributed by atoms with Crippen molar-refractivity contribution in [3.63, 3.8) is 0 Å². The maximum absolute atomic E-state index is 5.97. The van der Waals surface area contributed by atoms with Crippen LogP contribution in [0.15, 0.2) is 18.2 Å². The fourth-order valence-electron chi connectivity index (χ4n) is 2.56. The zero-order valence-corrected chi connectivity index (χ0v) is 11.1. The minimum absolute atomic E-state index is 0.331. The van der Waals surface area contributed by atoms with Gasteiger partial charge in [-0.15, -0.1) is 0 Å². The topological polar surface area (TPSA) is 21.3 Å². The summed E-state index contributed by atoms with van der Waals surface area (Å²) in [5.74, 6) is 2.31. The first-order chi connectivity index (χ1) is 8.25. The van der Waals surface area contributed by atoms with Crippen molar-refractivity contribution in [3.8, 4) is 5.75 Å². The maximum atomic E-state index is 5.97. The molecule has 0 saturated carbocycles. The van der Waals surface area contributed by atoms with Gasteiger partial charge in [-0.25, -0.2) is 0 Å². The quantitative estimate of drug-likeness (QED) is 0.888. The Labute approximate surface area is 107 Å². The van der Waals surface area contributed by atoms with Crippen LogP contribution in [0.4, 0.5) is 5.69 Å². The molecule has 3 heteroatoms. The maximum Gasteiger partial charge on any atom is 0.119 e. The van der Waals surface area contributed by atoms with Crippen molar-refractivity contribution in [2.24, 2.45) is 0 Å². The highest BCUT2D eigenvalue weighted by atomic mass is 32.2. The molecule has 1 saturated heterocycles. The van der Waals surface area contributed by atoms with E-state index in [1.54, 1.807) is 0 Å². The van der Waals surface area contributed by atoms with Crippen LogP contribution in [0.25, 0.3) is 0 Å². The van der Waals surface area contributed by atoms with E-state index in [9.17, 15) is 0 Å². The van der Waals surface area contributed by atoms with Gasteiger partial charge in [0.25, 0.3) is 0 Å². The van der Waals surface area contributed by atoms with E-state index in [2.05, 4.69) is 42.2 Å². The van der Waals surface area contributed by atoms with Crippen LogP contribution in [-0.4, -0.2) is 23.7 Å². The van der Waals surface area contributed by atoms with Crippen molar-refractivity contribution in [1.29, 1.82) is 0 Å². The molecule has 2 aliphatic heterocycles. The van der Waals surface area contributed by atoms with Crippen molar-refractivity contribution in [2.75, 3.05) is 24.2 Å². The number of ether oxygens (including phenoxy) is 1. The molecule has 3 rings (SSSR count). The van der Waals surface area contributed by atoms with Crippen LogP contribution in [0.1, 0.15) is 25.3 Å². The van der Waals surface area contributed by atoms with Gasteiger partial charge in [-0.1, -0.05) is 0 Å². The first-order valence-electron chi connectivity index (χ1n) is 6.39. The van der Waals surface area contributed by atoms with E-state index < -0.39 is 0 Å². The van der Waals surface area contributed by atoms with Gasteiger partial charge in [0.05, 0.1) is 0 Å². The molecule has 17 heavy (non-hydrogen) atoms. The van der Waals surface area contributed by atoms with Crippen LogP contribution in [0.3, 0.4) is 0 Å². The van der Waals surface area contributed by atoms with Crippen molar-refractivity contribution in [3.05, 3.63) is 23.8 Å². The molecule has 92 valence electrons. The van der Waals surface area contributed by atoms with Gasteiger partial charge in [0.15, 0.2) is 0 Å². The fraction of sp³-hybridized carbons (Fsp3) is 0.571. The second-order valence-electron chi connectivity index (χ2n) is 5.19. The highest BCUT2D eigenvalue weighted by Gasteiger charge is 2.30. The molecule has 2 heterocycles. The van der Waals surface area contributed by atoms with Crippen molar-refractivity contribution in [1.82, 2.24) is 0 Å². The van der Waals surface area contributed by atoms with Crippen molar-refractivity contribution >= 4 is 17.4 Å². The smallest absolute Gasteiger partial charge is 0.119 e. The second kappa shape index (κ2) is 4.45. The highest BCUT2D eigenvalue weighted by molar-refractivity contribution is 8.00. The Bertz CT molecular complexity index is 413. The first kappa shape index (κ1) is 11.3. The Kier molecular flexibility index (Phi) is 2.95. The van der Waals surface area contributed by atoms with E-state index in [0.717, 1.165) is 25.3 Å². The first-order valence-corrected chi connectivity index (χ1v) is 7.37. The van der Waals surface area contributed by atoms with Crippen LogP contribution in [0, 0.1) is 0 Å². The SMILES string of the molecule is CC1(COc2ccc3c(c2)CCN3)CCCS1. The third-order valence-corrected chi connectivity index (χ3v) is 5.14. The van der Waals surface area contributed by atoms with Gasteiger partial charge in [-0.05, 0) is 55.7 Å². The zero-order valence-electron chi connectivity index (χ0n) is 10.3.